The van der Waals surface area contributed by atoms with Gasteiger partial charge in [-0.15, -0.1) is 37.2 Å². The number of amides is 1. The van der Waals surface area contributed by atoms with Crippen LogP contribution in [0.15, 0.2) is 55.0 Å². The molecule has 13 heteroatoms. The molecule has 3 heterocycles. The topological polar surface area (TPSA) is 105 Å². The van der Waals surface area contributed by atoms with Crippen LogP contribution in [0.5, 0.6) is 5.75 Å². The van der Waals surface area contributed by atoms with Crippen molar-refractivity contribution in [2.75, 3.05) is 54.1 Å². The highest BCUT2D eigenvalue weighted by Gasteiger charge is 2.42. The zero-order chi connectivity index (χ0) is 29.5. The lowest BCUT2D eigenvalue weighted by Gasteiger charge is -2.41. The molecule has 1 saturated heterocycles. The third-order valence-electron chi connectivity index (χ3n) is 8.37. The molecular weight excluding hydrogens is 639 g/mol. The lowest BCUT2D eigenvalue weighted by atomic mass is 9.80. The average Bonchev–Trinajstić information content (AvgIpc) is 3.43. The molecule has 1 amide bonds. The summed E-state index contributed by atoms with van der Waals surface area (Å²) in [6.45, 7) is 3.38. The molecule has 1 aliphatic heterocycles. The predicted molar refractivity (Wildman–Crippen MR) is 183 cm³/mol. The summed E-state index contributed by atoms with van der Waals surface area (Å²) in [6.07, 6.45) is 7.57. The third-order valence-corrected chi connectivity index (χ3v) is 8.37. The van der Waals surface area contributed by atoms with Gasteiger partial charge in [0.1, 0.15) is 11.4 Å². The average molecular weight is 686 g/mol. The van der Waals surface area contributed by atoms with E-state index in [1.54, 1.807) is 19.6 Å². The van der Waals surface area contributed by atoms with Gasteiger partial charge >= 0.3 is 0 Å². The fourth-order valence-corrected chi connectivity index (χ4v) is 6.36. The van der Waals surface area contributed by atoms with Crippen LogP contribution < -0.4 is 10.1 Å². The SMILES string of the molecule is COC[C@]1(O)CCCC[C@H]1n1cnc(C(=O)N2CCNC[C@H]2CCOc2cccnc2CN(C)C)c1-c1ccccc1.Cl.Cl.Cl. The summed E-state index contributed by atoms with van der Waals surface area (Å²) in [5, 5.41) is 15.1. The Kier molecular flexibility index (Phi) is 15.5. The van der Waals surface area contributed by atoms with Crippen molar-refractivity contribution in [3.05, 3.63) is 66.4 Å². The number of ether oxygens (including phenoxy) is 2. The van der Waals surface area contributed by atoms with E-state index in [4.69, 9.17) is 14.5 Å². The largest absolute Gasteiger partial charge is 0.492 e. The zero-order valence-corrected chi connectivity index (χ0v) is 28.7. The van der Waals surface area contributed by atoms with Crippen LogP contribution in [0.1, 0.15) is 54.3 Å². The Balaban J connectivity index is 0.00000235. The molecule has 3 atom stereocenters. The van der Waals surface area contributed by atoms with Gasteiger partial charge in [0, 0.05) is 57.5 Å². The molecule has 250 valence electrons. The number of hydrogen-bond acceptors (Lipinski definition) is 8. The predicted octanol–water partition coefficient (Wildman–Crippen LogP) is 4.65. The van der Waals surface area contributed by atoms with Gasteiger partial charge in [0.2, 0.25) is 0 Å². The Bertz CT molecular complexity index is 1330. The number of piperazine rings is 1. The standard InChI is InChI=1S/C32H44N6O4.3ClH/c1-36(2)21-26-27(12-9-16-34-26)42-19-14-25-20-33-17-18-37(25)31(39)29-30(24-10-5-4-6-11-24)38(23-35-29)28-13-7-8-15-32(28,40)22-41-3;;;/h4-6,9-12,16,23,25,28,33,40H,7-8,13-15,17-22H2,1-3H3;3*1H/t25-,28-,32-;;;/m1.../s1. The van der Waals surface area contributed by atoms with Crippen LogP contribution in [-0.4, -0.2) is 101 Å². The van der Waals surface area contributed by atoms with Crippen molar-refractivity contribution in [3.63, 3.8) is 0 Å². The van der Waals surface area contributed by atoms with Gasteiger partial charge in [-0.1, -0.05) is 43.2 Å². The minimum absolute atomic E-state index is 0. The number of benzene rings is 1. The molecule has 10 nitrogen and oxygen atoms in total. The van der Waals surface area contributed by atoms with E-state index in [1.807, 2.05) is 66.0 Å². The van der Waals surface area contributed by atoms with Crippen molar-refractivity contribution in [1.82, 2.24) is 29.7 Å². The molecule has 45 heavy (non-hydrogen) atoms. The van der Waals surface area contributed by atoms with Gasteiger partial charge < -0.3 is 34.3 Å². The van der Waals surface area contributed by atoms with Crippen LogP contribution in [0, 0.1) is 0 Å². The van der Waals surface area contributed by atoms with Crippen LogP contribution in [-0.2, 0) is 11.3 Å². The molecule has 0 unspecified atom stereocenters. The maximum atomic E-state index is 14.3. The maximum Gasteiger partial charge on any atom is 0.275 e. The molecule has 1 aliphatic carbocycles. The smallest absolute Gasteiger partial charge is 0.275 e. The molecule has 0 bridgehead atoms. The van der Waals surface area contributed by atoms with Crippen molar-refractivity contribution >= 4 is 43.1 Å². The summed E-state index contributed by atoms with van der Waals surface area (Å²) in [5.74, 6) is 0.675. The van der Waals surface area contributed by atoms with E-state index in [-0.39, 0.29) is 61.8 Å². The molecule has 3 aromatic rings. The van der Waals surface area contributed by atoms with Gasteiger partial charge in [0.25, 0.3) is 5.91 Å². The van der Waals surface area contributed by atoms with Gasteiger partial charge in [-0.3, -0.25) is 9.78 Å². The van der Waals surface area contributed by atoms with Crippen molar-refractivity contribution in [2.24, 2.45) is 0 Å². The van der Waals surface area contributed by atoms with Gasteiger partial charge in [0.05, 0.1) is 37.0 Å². The van der Waals surface area contributed by atoms with E-state index in [0.717, 1.165) is 48.5 Å². The quantitative estimate of drug-likeness (QED) is 0.301. The number of carbonyl (C=O) groups is 1. The first-order valence-corrected chi connectivity index (χ1v) is 15.0. The van der Waals surface area contributed by atoms with E-state index >= 15 is 0 Å². The fourth-order valence-electron chi connectivity index (χ4n) is 6.36. The number of halogens is 3. The molecule has 2 aromatic heterocycles. The van der Waals surface area contributed by atoms with E-state index < -0.39 is 5.60 Å². The number of rotatable bonds is 11. The number of carbonyl (C=O) groups excluding carboxylic acids is 1. The number of nitrogens with one attached hydrogen (secondary N) is 1. The van der Waals surface area contributed by atoms with Crippen LogP contribution in [0.3, 0.4) is 0 Å². The highest BCUT2D eigenvalue weighted by atomic mass is 35.5. The first-order chi connectivity index (χ1) is 20.4. The van der Waals surface area contributed by atoms with Crippen molar-refractivity contribution in [3.8, 4) is 17.0 Å². The maximum absolute atomic E-state index is 14.3. The molecule has 1 saturated carbocycles. The van der Waals surface area contributed by atoms with Crippen LogP contribution in [0.4, 0.5) is 0 Å². The summed E-state index contributed by atoms with van der Waals surface area (Å²) >= 11 is 0. The second kappa shape index (κ2) is 18.0. The second-order valence-electron chi connectivity index (χ2n) is 11.7. The summed E-state index contributed by atoms with van der Waals surface area (Å²) in [7, 11) is 5.64. The summed E-state index contributed by atoms with van der Waals surface area (Å²) in [6, 6.07) is 13.5. The Labute approximate surface area is 285 Å². The van der Waals surface area contributed by atoms with Crippen LogP contribution in [0.2, 0.25) is 0 Å². The Hall–Kier alpha value is -2.44. The van der Waals surface area contributed by atoms with Gasteiger partial charge in [0.15, 0.2) is 5.69 Å². The van der Waals surface area contributed by atoms with E-state index in [0.29, 0.717) is 44.8 Å². The van der Waals surface area contributed by atoms with Crippen LogP contribution in [0.25, 0.3) is 11.3 Å². The van der Waals surface area contributed by atoms with Gasteiger partial charge in [-0.2, -0.15) is 0 Å². The number of pyridine rings is 1. The van der Waals surface area contributed by atoms with E-state index in [1.165, 1.54) is 0 Å². The molecule has 2 fully saturated rings. The molecule has 2 aliphatic rings. The van der Waals surface area contributed by atoms with E-state index in [2.05, 4.69) is 15.2 Å². The lowest BCUT2D eigenvalue weighted by molar-refractivity contribution is -0.0893. The Morgan fingerprint density at radius 3 is 2.62 bits per heavy atom. The number of methoxy groups -OCH3 is 1. The number of aliphatic hydroxyl groups is 1. The summed E-state index contributed by atoms with van der Waals surface area (Å²) in [4.78, 5) is 27.5. The van der Waals surface area contributed by atoms with Crippen molar-refractivity contribution in [2.45, 2.75) is 56.3 Å². The lowest BCUT2D eigenvalue weighted by Crippen LogP contribution is -2.54. The molecule has 2 N–H and O–H groups in total. The highest BCUT2D eigenvalue weighted by Crippen LogP contribution is 2.41. The number of imidazole rings is 1. The van der Waals surface area contributed by atoms with Crippen LogP contribution >= 0.6 is 37.2 Å². The van der Waals surface area contributed by atoms with Crippen molar-refractivity contribution in [1.29, 1.82) is 0 Å². The second-order valence-corrected chi connectivity index (χ2v) is 11.7. The summed E-state index contributed by atoms with van der Waals surface area (Å²) in [5.41, 5.74) is 1.94. The molecule has 0 radical (unpaired) electrons. The van der Waals surface area contributed by atoms with Crippen molar-refractivity contribution < 1.29 is 19.4 Å². The first-order valence-electron chi connectivity index (χ1n) is 15.0. The number of aromatic nitrogens is 3. The first kappa shape index (κ1) is 38.7. The Morgan fingerprint density at radius 2 is 1.89 bits per heavy atom. The number of hydrogen-bond donors (Lipinski definition) is 2. The van der Waals surface area contributed by atoms with Gasteiger partial charge in [-0.25, -0.2) is 4.98 Å². The molecule has 5 rings (SSSR count). The summed E-state index contributed by atoms with van der Waals surface area (Å²) < 4.78 is 13.7. The third kappa shape index (κ3) is 9.10. The van der Waals surface area contributed by atoms with E-state index in [9.17, 15) is 9.90 Å². The zero-order valence-electron chi connectivity index (χ0n) is 26.3. The number of nitrogens with zero attached hydrogens (tertiary/aromatic N) is 5. The highest BCUT2D eigenvalue weighted by molar-refractivity contribution is 5.98. The minimum Gasteiger partial charge on any atom is -0.492 e. The van der Waals surface area contributed by atoms with Gasteiger partial charge in [-0.05, 0) is 39.1 Å². The monoisotopic (exact) mass is 684 g/mol. The fraction of sp³-hybridized carbons (Fsp3) is 0.531. The minimum atomic E-state index is -1.02. The molecule has 0 spiro atoms. The normalized spacial score (nSPS) is 21.3. The Morgan fingerprint density at radius 1 is 1.11 bits per heavy atom. The molecular formula is C32H47Cl3N6O4. The molecule has 1 aromatic carbocycles.